The molecule has 3 rings (SSSR count). The molecular formula is C20H21Cl2N3O2. The van der Waals surface area contributed by atoms with Crippen molar-refractivity contribution < 1.29 is 9.53 Å². The summed E-state index contributed by atoms with van der Waals surface area (Å²) in [5, 5.41) is 3.74. The van der Waals surface area contributed by atoms with Gasteiger partial charge in [-0.25, -0.2) is 4.98 Å². The van der Waals surface area contributed by atoms with Crippen LogP contribution in [0.5, 0.6) is 5.75 Å². The van der Waals surface area contributed by atoms with Crippen LogP contribution in [0.25, 0.3) is 11.0 Å². The molecule has 0 aliphatic carbocycles. The summed E-state index contributed by atoms with van der Waals surface area (Å²) in [6.07, 6.45) is 0.171. The third kappa shape index (κ3) is 4.73. The number of benzene rings is 2. The maximum absolute atomic E-state index is 12.2. The molecule has 0 bridgehead atoms. The van der Waals surface area contributed by atoms with E-state index in [1.807, 2.05) is 25.1 Å². The summed E-state index contributed by atoms with van der Waals surface area (Å²) in [5.41, 5.74) is 2.10. The maximum Gasteiger partial charge on any atom is 0.260 e. The lowest BCUT2D eigenvalue weighted by atomic mass is 10.3. The Labute approximate surface area is 168 Å². The Morgan fingerprint density at radius 3 is 2.78 bits per heavy atom. The minimum atomic E-state index is -0.627. The van der Waals surface area contributed by atoms with Crippen LogP contribution in [0.15, 0.2) is 42.5 Å². The number of ether oxygens (including phenoxy) is 1. The first kappa shape index (κ1) is 19.5. The van der Waals surface area contributed by atoms with E-state index in [0.29, 0.717) is 22.3 Å². The number of aromatic nitrogens is 2. The zero-order valence-electron chi connectivity index (χ0n) is 15.2. The summed E-state index contributed by atoms with van der Waals surface area (Å²) in [4.78, 5) is 16.8. The number of fused-ring (bicyclic) bond motifs is 1. The molecule has 1 N–H and O–H groups in total. The number of para-hydroxylation sites is 2. The monoisotopic (exact) mass is 405 g/mol. The van der Waals surface area contributed by atoms with E-state index in [1.54, 1.807) is 25.1 Å². The second-order valence-corrected chi connectivity index (χ2v) is 7.09. The van der Waals surface area contributed by atoms with E-state index < -0.39 is 6.10 Å². The third-order valence-electron chi connectivity index (χ3n) is 4.28. The van der Waals surface area contributed by atoms with Gasteiger partial charge in [-0.15, -0.1) is 0 Å². The number of rotatable bonds is 7. The van der Waals surface area contributed by atoms with Crippen LogP contribution >= 0.6 is 23.2 Å². The predicted molar refractivity (Wildman–Crippen MR) is 109 cm³/mol. The summed E-state index contributed by atoms with van der Waals surface area (Å²) in [7, 11) is 0. The van der Waals surface area contributed by atoms with Crippen molar-refractivity contribution in [2.75, 3.05) is 6.54 Å². The summed E-state index contributed by atoms with van der Waals surface area (Å²) < 4.78 is 7.79. The minimum Gasteiger partial charge on any atom is -0.481 e. The first-order valence-electron chi connectivity index (χ1n) is 8.77. The van der Waals surface area contributed by atoms with E-state index in [-0.39, 0.29) is 5.91 Å². The summed E-state index contributed by atoms with van der Waals surface area (Å²) in [6.45, 7) is 5.03. The number of imidazole rings is 1. The standard InChI is InChI=1S/C20H21Cl2N3O2/c1-13(27-15-8-9-16(21)17(22)12-15)20(26)23-10-5-11-25-14(2)24-18-6-3-4-7-19(18)25/h3-4,6-9,12-13H,5,10-11H2,1-2H3,(H,23,26). The van der Waals surface area contributed by atoms with Crippen molar-refractivity contribution in [2.45, 2.75) is 32.9 Å². The van der Waals surface area contributed by atoms with Gasteiger partial charge in [-0.3, -0.25) is 4.79 Å². The van der Waals surface area contributed by atoms with Gasteiger partial charge in [0.2, 0.25) is 0 Å². The molecule has 2 aromatic carbocycles. The van der Waals surface area contributed by atoms with Crippen LogP contribution in [0.2, 0.25) is 10.0 Å². The lowest BCUT2D eigenvalue weighted by molar-refractivity contribution is -0.127. The highest BCUT2D eigenvalue weighted by molar-refractivity contribution is 6.42. The van der Waals surface area contributed by atoms with E-state index in [4.69, 9.17) is 27.9 Å². The fourth-order valence-electron chi connectivity index (χ4n) is 2.88. The molecule has 0 fully saturated rings. The van der Waals surface area contributed by atoms with Gasteiger partial charge in [0.25, 0.3) is 5.91 Å². The molecule has 27 heavy (non-hydrogen) atoms. The van der Waals surface area contributed by atoms with Crippen LogP contribution in [-0.2, 0) is 11.3 Å². The van der Waals surface area contributed by atoms with Gasteiger partial charge in [-0.1, -0.05) is 35.3 Å². The van der Waals surface area contributed by atoms with Crippen molar-refractivity contribution in [1.82, 2.24) is 14.9 Å². The van der Waals surface area contributed by atoms with Crippen LogP contribution in [0, 0.1) is 6.92 Å². The number of hydrogen-bond donors (Lipinski definition) is 1. The maximum atomic E-state index is 12.2. The van der Waals surface area contributed by atoms with Gasteiger partial charge in [0, 0.05) is 19.2 Å². The molecule has 0 radical (unpaired) electrons. The Balaban J connectivity index is 1.48. The molecule has 0 aliphatic heterocycles. The first-order chi connectivity index (χ1) is 13.0. The van der Waals surface area contributed by atoms with E-state index in [2.05, 4.69) is 20.9 Å². The highest BCUT2D eigenvalue weighted by Gasteiger charge is 2.15. The second kappa shape index (κ2) is 8.63. The summed E-state index contributed by atoms with van der Waals surface area (Å²) in [6, 6.07) is 13.0. The Hall–Kier alpha value is -2.24. The third-order valence-corrected chi connectivity index (χ3v) is 5.02. The topological polar surface area (TPSA) is 56.2 Å². The average molecular weight is 406 g/mol. The molecule has 0 saturated carbocycles. The SMILES string of the molecule is Cc1nc2ccccc2n1CCCNC(=O)C(C)Oc1ccc(Cl)c(Cl)c1. The minimum absolute atomic E-state index is 0.173. The van der Waals surface area contributed by atoms with E-state index >= 15 is 0 Å². The number of nitrogens with one attached hydrogen (secondary N) is 1. The highest BCUT2D eigenvalue weighted by atomic mass is 35.5. The largest absolute Gasteiger partial charge is 0.481 e. The number of aryl methyl sites for hydroxylation is 2. The van der Waals surface area contributed by atoms with Gasteiger partial charge >= 0.3 is 0 Å². The van der Waals surface area contributed by atoms with Gasteiger partial charge in [-0.2, -0.15) is 0 Å². The van der Waals surface area contributed by atoms with Crippen molar-refractivity contribution in [2.24, 2.45) is 0 Å². The number of amides is 1. The Bertz CT molecular complexity index is 956. The Kier molecular flexibility index (Phi) is 6.24. The molecule has 142 valence electrons. The molecule has 1 aromatic heterocycles. The van der Waals surface area contributed by atoms with Crippen molar-refractivity contribution in [3.05, 3.63) is 58.3 Å². The van der Waals surface area contributed by atoms with Gasteiger partial charge in [0.1, 0.15) is 11.6 Å². The number of nitrogens with zero attached hydrogens (tertiary/aromatic N) is 2. The van der Waals surface area contributed by atoms with E-state index in [0.717, 1.165) is 29.8 Å². The lowest BCUT2D eigenvalue weighted by Gasteiger charge is -2.15. The average Bonchev–Trinajstić information content (AvgIpc) is 2.97. The lowest BCUT2D eigenvalue weighted by Crippen LogP contribution is -2.37. The quantitative estimate of drug-likeness (QED) is 0.583. The Morgan fingerprint density at radius 2 is 2.00 bits per heavy atom. The number of hydrogen-bond acceptors (Lipinski definition) is 3. The van der Waals surface area contributed by atoms with E-state index in [1.165, 1.54) is 0 Å². The molecule has 1 amide bonds. The molecular weight excluding hydrogens is 385 g/mol. The molecule has 5 nitrogen and oxygen atoms in total. The summed E-state index contributed by atoms with van der Waals surface area (Å²) >= 11 is 11.8. The van der Waals surface area contributed by atoms with Crippen molar-refractivity contribution in [3.8, 4) is 5.75 Å². The van der Waals surface area contributed by atoms with Crippen LogP contribution in [0.4, 0.5) is 0 Å². The fraction of sp³-hybridized carbons (Fsp3) is 0.300. The molecule has 1 atom stereocenters. The van der Waals surface area contributed by atoms with Gasteiger partial charge in [0.05, 0.1) is 21.1 Å². The van der Waals surface area contributed by atoms with Crippen molar-refractivity contribution in [1.29, 1.82) is 0 Å². The zero-order chi connectivity index (χ0) is 19.4. The van der Waals surface area contributed by atoms with Crippen LogP contribution < -0.4 is 10.1 Å². The van der Waals surface area contributed by atoms with Gasteiger partial charge in [0.15, 0.2) is 6.10 Å². The first-order valence-corrected chi connectivity index (χ1v) is 9.52. The van der Waals surface area contributed by atoms with Gasteiger partial charge in [-0.05, 0) is 44.5 Å². The van der Waals surface area contributed by atoms with Crippen LogP contribution in [0.1, 0.15) is 19.2 Å². The molecule has 0 aliphatic rings. The zero-order valence-corrected chi connectivity index (χ0v) is 16.7. The number of halogens is 2. The van der Waals surface area contributed by atoms with Gasteiger partial charge < -0.3 is 14.6 Å². The number of carbonyl (C=O) groups is 1. The van der Waals surface area contributed by atoms with Crippen molar-refractivity contribution >= 4 is 40.1 Å². The van der Waals surface area contributed by atoms with Crippen molar-refractivity contribution in [3.63, 3.8) is 0 Å². The highest BCUT2D eigenvalue weighted by Crippen LogP contribution is 2.26. The predicted octanol–water partition coefficient (Wildman–Crippen LogP) is 4.63. The Morgan fingerprint density at radius 1 is 1.22 bits per heavy atom. The normalized spacial score (nSPS) is 12.1. The molecule has 3 aromatic rings. The number of carbonyl (C=O) groups excluding carboxylic acids is 1. The molecule has 7 heteroatoms. The molecule has 0 spiro atoms. The van der Waals surface area contributed by atoms with E-state index in [9.17, 15) is 4.79 Å². The molecule has 0 saturated heterocycles. The smallest absolute Gasteiger partial charge is 0.260 e. The fourth-order valence-corrected chi connectivity index (χ4v) is 3.17. The van der Waals surface area contributed by atoms with Crippen LogP contribution in [0.3, 0.4) is 0 Å². The second-order valence-electron chi connectivity index (χ2n) is 6.28. The molecule has 1 unspecified atom stereocenters. The van der Waals surface area contributed by atoms with Crippen LogP contribution in [-0.4, -0.2) is 28.1 Å². The molecule has 1 heterocycles. The summed E-state index contributed by atoms with van der Waals surface area (Å²) in [5.74, 6) is 1.31.